The standard InChI is InChI=1S/C23H21N5OS/c1-16-11-12-18(14-17(16)2)25-21(29)15-30-23-27-26-22(20-10-6-7-13-24-20)28(23)19-8-4-3-5-9-19/h3-14H,15H2,1-2H3,(H,25,29). The number of thioether (sulfide) groups is 1. The number of aromatic nitrogens is 4. The summed E-state index contributed by atoms with van der Waals surface area (Å²) in [5.74, 6) is 0.768. The maximum atomic E-state index is 12.5. The number of amides is 1. The van der Waals surface area contributed by atoms with E-state index in [1.54, 1.807) is 6.20 Å². The Morgan fingerprint density at radius 3 is 2.50 bits per heavy atom. The van der Waals surface area contributed by atoms with Crippen LogP contribution in [0.5, 0.6) is 0 Å². The van der Waals surface area contributed by atoms with Crippen LogP contribution in [0.25, 0.3) is 17.2 Å². The van der Waals surface area contributed by atoms with Crippen molar-refractivity contribution in [2.45, 2.75) is 19.0 Å². The van der Waals surface area contributed by atoms with E-state index in [0.29, 0.717) is 11.0 Å². The number of aryl methyl sites for hydroxylation is 2. The Labute approximate surface area is 179 Å². The highest BCUT2D eigenvalue weighted by Gasteiger charge is 2.18. The van der Waals surface area contributed by atoms with Crippen molar-refractivity contribution in [2.24, 2.45) is 0 Å². The fourth-order valence-electron chi connectivity index (χ4n) is 2.98. The van der Waals surface area contributed by atoms with Gasteiger partial charge in [0.25, 0.3) is 0 Å². The molecule has 0 aliphatic heterocycles. The quantitative estimate of drug-likeness (QED) is 0.463. The third-order valence-corrected chi connectivity index (χ3v) is 5.59. The molecule has 0 spiro atoms. The summed E-state index contributed by atoms with van der Waals surface area (Å²) in [6.07, 6.45) is 1.73. The predicted molar refractivity (Wildman–Crippen MR) is 120 cm³/mol. The third-order valence-electron chi connectivity index (χ3n) is 4.66. The van der Waals surface area contributed by atoms with Crippen LogP contribution in [0.3, 0.4) is 0 Å². The Kier molecular flexibility index (Phi) is 5.90. The van der Waals surface area contributed by atoms with Crippen LogP contribution in [-0.2, 0) is 4.79 Å². The molecule has 150 valence electrons. The van der Waals surface area contributed by atoms with E-state index < -0.39 is 0 Å². The van der Waals surface area contributed by atoms with Crippen LogP contribution in [0.1, 0.15) is 11.1 Å². The van der Waals surface area contributed by atoms with E-state index in [1.807, 2.05) is 85.1 Å². The van der Waals surface area contributed by atoms with Crippen molar-refractivity contribution in [3.05, 3.63) is 84.1 Å². The minimum atomic E-state index is -0.0924. The topological polar surface area (TPSA) is 72.7 Å². The van der Waals surface area contributed by atoms with Crippen LogP contribution >= 0.6 is 11.8 Å². The van der Waals surface area contributed by atoms with E-state index in [4.69, 9.17) is 0 Å². The van der Waals surface area contributed by atoms with Gasteiger partial charge in [-0.2, -0.15) is 0 Å². The molecule has 0 atom stereocenters. The molecule has 1 amide bonds. The molecule has 6 nitrogen and oxygen atoms in total. The monoisotopic (exact) mass is 415 g/mol. The fourth-order valence-corrected chi connectivity index (χ4v) is 3.73. The van der Waals surface area contributed by atoms with Gasteiger partial charge in [0.15, 0.2) is 11.0 Å². The van der Waals surface area contributed by atoms with Crippen LogP contribution in [0.15, 0.2) is 78.1 Å². The zero-order chi connectivity index (χ0) is 20.9. The van der Waals surface area contributed by atoms with Crippen LogP contribution in [0, 0.1) is 13.8 Å². The number of anilines is 1. The molecular formula is C23H21N5OS. The molecule has 4 aromatic rings. The van der Waals surface area contributed by atoms with Gasteiger partial charge in [-0.25, -0.2) is 0 Å². The summed E-state index contributed by atoms with van der Waals surface area (Å²) in [5.41, 5.74) is 4.77. The summed E-state index contributed by atoms with van der Waals surface area (Å²) in [6.45, 7) is 4.08. The van der Waals surface area contributed by atoms with Crippen molar-refractivity contribution in [1.29, 1.82) is 0 Å². The molecule has 2 aromatic heterocycles. The van der Waals surface area contributed by atoms with Crippen LogP contribution in [-0.4, -0.2) is 31.4 Å². The number of rotatable bonds is 6. The minimum Gasteiger partial charge on any atom is -0.325 e. The number of carbonyl (C=O) groups is 1. The molecule has 7 heteroatoms. The van der Waals surface area contributed by atoms with Gasteiger partial charge in [-0.15, -0.1) is 10.2 Å². The molecule has 1 N–H and O–H groups in total. The van der Waals surface area contributed by atoms with Crippen molar-refractivity contribution in [3.8, 4) is 17.2 Å². The minimum absolute atomic E-state index is 0.0924. The number of pyridine rings is 1. The molecule has 0 unspecified atom stereocenters. The summed E-state index contributed by atoms with van der Waals surface area (Å²) in [7, 11) is 0. The number of hydrogen-bond donors (Lipinski definition) is 1. The molecule has 30 heavy (non-hydrogen) atoms. The van der Waals surface area contributed by atoms with Crippen molar-refractivity contribution in [2.75, 3.05) is 11.1 Å². The molecule has 0 saturated carbocycles. The summed E-state index contributed by atoms with van der Waals surface area (Å²) in [6, 6.07) is 21.4. The van der Waals surface area contributed by atoms with Gasteiger partial charge in [-0.05, 0) is 61.4 Å². The SMILES string of the molecule is Cc1ccc(NC(=O)CSc2nnc(-c3ccccn3)n2-c2ccccc2)cc1C. The van der Waals surface area contributed by atoms with E-state index in [2.05, 4.69) is 20.5 Å². The summed E-state index contributed by atoms with van der Waals surface area (Å²) in [4.78, 5) is 16.9. The molecule has 0 aliphatic rings. The van der Waals surface area contributed by atoms with E-state index >= 15 is 0 Å². The molecular weight excluding hydrogens is 394 g/mol. The first-order valence-corrected chi connectivity index (χ1v) is 10.5. The highest BCUT2D eigenvalue weighted by molar-refractivity contribution is 7.99. The van der Waals surface area contributed by atoms with Crippen molar-refractivity contribution in [3.63, 3.8) is 0 Å². The van der Waals surface area contributed by atoms with Crippen LogP contribution in [0.2, 0.25) is 0 Å². The molecule has 0 aliphatic carbocycles. The highest BCUT2D eigenvalue weighted by Crippen LogP contribution is 2.27. The Morgan fingerprint density at radius 1 is 0.967 bits per heavy atom. The van der Waals surface area contributed by atoms with Crippen molar-refractivity contribution < 1.29 is 4.79 Å². The number of para-hydroxylation sites is 1. The number of nitrogens with zero attached hydrogens (tertiary/aromatic N) is 4. The summed E-state index contributed by atoms with van der Waals surface area (Å²) >= 11 is 1.34. The van der Waals surface area contributed by atoms with Gasteiger partial charge in [-0.1, -0.05) is 42.1 Å². The third kappa shape index (κ3) is 4.41. The molecule has 2 heterocycles. The van der Waals surface area contributed by atoms with Gasteiger partial charge in [0.05, 0.1) is 5.75 Å². The van der Waals surface area contributed by atoms with Gasteiger partial charge in [0.2, 0.25) is 5.91 Å². The normalized spacial score (nSPS) is 10.7. The second kappa shape index (κ2) is 8.92. The first kappa shape index (κ1) is 19.8. The maximum Gasteiger partial charge on any atom is 0.234 e. The van der Waals surface area contributed by atoms with E-state index in [-0.39, 0.29) is 11.7 Å². The predicted octanol–water partition coefficient (Wildman–Crippen LogP) is 4.68. The van der Waals surface area contributed by atoms with Gasteiger partial charge < -0.3 is 5.32 Å². The zero-order valence-electron chi connectivity index (χ0n) is 16.7. The fraction of sp³-hybridized carbons (Fsp3) is 0.130. The Bertz CT molecular complexity index is 1160. The molecule has 0 radical (unpaired) electrons. The van der Waals surface area contributed by atoms with Crippen LogP contribution < -0.4 is 5.32 Å². The zero-order valence-corrected chi connectivity index (χ0v) is 17.6. The second-order valence-corrected chi connectivity index (χ2v) is 7.77. The lowest BCUT2D eigenvalue weighted by Gasteiger charge is -2.10. The molecule has 2 aromatic carbocycles. The van der Waals surface area contributed by atoms with Gasteiger partial charge in [0.1, 0.15) is 5.69 Å². The maximum absolute atomic E-state index is 12.5. The number of benzene rings is 2. The lowest BCUT2D eigenvalue weighted by Crippen LogP contribution is -2.14. The number of hydrogen-bond acceptors (Lipinski definition) is 5. The average molecular weight is 416 g/mol. The smallest absolute Gasteiger partial charge is 0.234 e. The highest BCUT2D eigenvalue weighted by atomic mass is 32.2. The second-order valence-electron chi connectivity index (χ2n) is 6.83. The Hall–Kier alpha value is -3.45. The average Bonchev–Trinajstić information content (AvgIpc) is 3.20. The van der Waals surface area contributed by atoms with Crippen molar-refractivity contribution >= 4 is 23.4 Å². The largest absolute Gasteiger partial charge is 0.325 e. The Balaban J connectivity index is 1.56. The number of nitrogens with one attached hydrogen (secondary N) is 1. The van der Waals surface area contributed by atoms with E-state index in [0.717, 1.165) is 22.6 Å². The lowest BCUT2D eigenvalue weighted by atomic mass is 10.1. The molecule has 0 fully saturated rings. The Morgan fingerprint density at radius 2 is 1.77 bits per heavy atom. The first-order valence-electron chi connectivity index (χ1n) is 9.54. The summed E-state index contributed by atoms with van der Waals surface area (Å²) < 4.78 is 1.93. The van der Waals surface area contributed by atoms with Gasteiger partial charge in [0, 0.05) is 17.6 Å². The molecule has 0 bridgehead atoms. The number of carbonyl (C=O) groups excluding carboxylic acids is 1. The van der Waals surface area contributed by atoms with Gasteiger partial charge in [-0.3, -0.25) is 14.3 Å². The van der Waals surface area contributed by atoms with E-state index in [9.17, 15) is 4.79 Å². The van der Waals surface area contributed by atoms with Gasteiger partial charge >= 0.3 is 0 Å². The van der Waals surface area contributed by atoms with Crippen molar-refractivity contribution in [1.82, 2.24) is 19.7 Å². The van der Waals surface area contributed by atoms with E-state index in [1.165, 1.54) is 17.3 Å². The molecule has 0 saturated heterocycles. The first-order chi connectivity index (χ1) is 14.6. The molecule has 4 rings (SSSR count). The summed E-state index contributed by atoms with van der Waals surface area (Å²) in [5, 5.41) is 12.3. The van der Waals surface area contributed by atoms with Crippen LogP contribution in [0.4, 0.5) is 5.69 Å². The lowest BCUT2D eigenvalue weighted by molar-refractivity contribution is -0.113.